The summed E-state index contributed by atoms with van der Waals surface area (Å²) in [6.07, 6.45) is 3.10. The molecule has 0 spiro atoms. The number of rotatable bonds is 5. The Morgan fingerprint density at radius 2 is 1.48 bits per heavy atom. The van der Waals surface area contributed by atoms with Crippen LogP contribution in [-0.2, 0) is 17.1 Å². The smallest absolute Gasteiger partial charge is 0.270 e. The third-order valence-electron chi connectivity index (χ3n) is 6.85. The molecular formula is C24H32N4O4S. The molecule has 0 atom stereocenters. The van der Waals surface area contributed by atoms with Crippen LogP contribution in [0.1, 0.15) is 52.7 Å². The van der Waals surface area contributed by atoms with E-state index in [0.717, 1.165) is 38.0 Å². The first-order valence-corrected chi connectivity index (χ1v) is 13.0. The van der Waals surface area contributed by atoms with E-state index in [1.807, 2.05) is 17.0 Å². The average Bonchev–Trinajstić information content (AvgIpc) is 3.14. The number of aromatic nitrogens is 1. The fourth-order valence-electron chi connectivity index (χ4n) is 4.63. The van der Waals surface area contributed by atoms with Gasteiger partial charge in [-0.15, -0.1) is 0 Å². The Bertz CT molecular complexity index is 1140. The number of carbonyl (C=O) groups is 2. The molecule has 2 aliphatic rings. The van der Waals surface area contributed by atoms with E-state index < -0.39 is 10.0 Å². The molecule has 1 aromatic heterocycles. The minimum atomic E-state index is -3.71. The number of piperidine rings is 1. The Morgan fingerprint density at radius 1 is 0.879 bits per heavy atom. The van der Waals surface area contributed by atoms with Crippen LogP contribution < -0.4 is 4.90 Å². The number of carbonyl (C=O) groups excluding carboxylic acids is 2. The second-order valence-corrected chi connectivity index (χ2v) is 10.8. The summed E-state index contributed by atoms with van der Waals surface area (Å²) in [4.78, 5) is 28.7. The molecule has 4 rings (SSSR count). The number of likely N-dealkylation sites (tertiary alicyclic amines) is 1. The quantitative estimate of drug-likeness (QED) is 0.625. The van der Waals surface area contributed by atoms with E-state index in [1.54, 1.807) is 36.7 Å². The van der Waals surface area contributed by atoms with Gasteiger partial charge in [0.2, 0.25) is 10.0 Å². The normalized spacial score (nSPS) is 17.9. The summed E-state index contributed by atoms with van der Waals surface area (Å²) < 4.78 is 30.1. The lowest BCUT2D eigenvalue weighted by atomic mass is 10.1. The van der Waals surface area contributed by atoms with Crippen LogP contribution in [0.5, 0.6) is 0 Å². The third-order valence-corrected chi connectivity index (χ3v) is 8.86. The van der Waals surface area contributed by atoms with E-state index in [9.17, 15) is 18.0 Å². The molecule has 0 radical (unpaired) electrons. The Kier molecular flexibility index (Phi) is 6.63. The predicted molar refractivity (Wildman–Crippen MR) is 127 cm³/mol. The first-order chi connectivity index (χ1) is 15.7. The van der Waals surface area contributed by atoms with Gasteiger partial charge in [-0.25, -0.2) is 8.42 Å². The summed E-state index contributed by atoms with van der Waals surface area (Å²) >= 11 is 0. The lowest BCUT2D eigenvalue weighted by Crippen LogP contribution is -2.48. The van der Waals surface area contributed by atoms with Crippen molar-refractivity contribution in [2.75, 3.05) is 44.2 Å². The van der Waals surface area contributed by atoms with Gasteiger partial charge in [-0.2, -0.15) is 4.31 Å². The van der Waals surface area contributed by atoms with Gasteiger partial charge in [-0.1, -0.05) is 0 Å². The summed E-state index contributed by atoms with van der Waals surface area (Å²) in [6.45, 7) is 6.58. The molecule has 0 bridgehead atoms. The Hall–Kier alpha value is -2.65. The average molecular weight is 473 g/mol. The second-order valence-electron chi connectivity index (χ2n) is 8.89. The summed E-state index contributed by atoms with van der Waals surface area (Å²) in [5.41, 5.74) is 2.64. The van der Waals surface area contributed by atoms with Crippen molar-refractivity contribution in [3.8, 4) is 0 Å². The fraction of sp³-hybridized carbons (Fsp3) is 0.500. The molecule has 8 nitrogen and oxygen atoms in total. The van der Waals surface area contributed by atoms with Crippen LogP contribution in [0.3, 0.4) is 0 Å². The molecule has 2 fully saturated rings. The molecule has 0 saturated carbocycles. The minimum absolute atomic E-state index is 0.0221. The molecule has 0 N–H and O–H groups in total. The molecule has 1 amide bonds. The van der Waals surface area contributed by atoms with Crippen LogP contribution in [0.15, 0.2) is 35.2 Å². The lowest BCUT2D eigenvalue weighted by Gasteiger charge is -2.35. The second kappa shape index (κ2) is 9.30. The summed E-state index contributed by atoms with van der Waals surface area (Å²) in [5, 5.41) is 0. The van der Waals surface area contributed by atoms with Crippen LogP contribution in [-0.4, -0.2) is 73.1 Å². The number of hydrogen-bond acceptors (Lipinski definition) is 5. The van der Waals surface area contributed by atoms with E-state index in [0.29, 0.717) is 43.1 Å². The molecule has 178 valence electrons. The molecule has 33 heavy (non-hydrogen) atoms. The van der Waals surface area contributed by atoms with Gasteiger partial charge in [0, 0.05) is 63.3 Å². The Morgan fingerprint density at radius 3 is 2.06 bits per heavy atom. The molecule has 2 saturated heterocycles. The minimum Gasteiger partial charge on any atom is -0.369 e. The van der Waals surface area contributed by atoms with Gasteiger partial charge in [0.05, 0.1) is 0 Å². The monoisotopic (exact) mass is 472 g/mol. The molecule has 1 aromatic carbocycles. The number of amides is 1. The van der Waals surface area contributed by atoms with Crippen molar-refractivity contribution in [3.05, 3.63) is 47.3 Å². The van der Waals surface area contributed by atoms with Gasteiger partial charge in [-0.3, -0.25) is 9.59 Å². The van der Waals surface area contributed by atoms with Crippen molar-refractivity contribution >= 4 is 27.4 Å². The summed E-state index contributed by atoms with van der Waals surface area (Å²) in [7, 11) is -1.95. The topological polar surface area (TPSA) is 82.9 Å². The number of piperazine rings is 1. The van der Waals surface area contributed by atoms with Crippen LogP contribution in [0.25, 0.3) is 0 Å². The highest BCUT2D eigenvalue weighted by Crippen LogP contribution is 2.27. The molecule has 9 heteroatoms. The molecule has 3 heterocycles. The van der Waals surface area contributed by atoms with E-state index in [4.69, 9.17) is 0 Å². The molecule has 0 unspecified atom stereocenters. The van der Waals surface area contributed by atoms with Crippen molar-refractivity contribution in [1.29, 1.82) is 0 Å². The van der Waals surface area contributed by atoms with E-state index in [1.165, 1.54) is 11.2 Å². The maximum absolute atomic E-state index is 13.5. The zero-order valence-corrected chi connectivity index (χ0v) is 20.4. The van der Waals surface area contributed by atoms with Gasteiger partial charge in [-0.05, 0) is 63.4 Å². The maximum Gasteiger partial charge on any atom is 0.270 e. The SMILES string of the molecule is CC(=O)c1ccc(N2CCN(S(=O)(=O)c3cc(C(=O)N4CCCCC4)n(C)c3C)CC2)cc1. The third kappa shape index (κ3) is 4.56. The summed E-state index contributed by atoms with van der Waals surface area (Å²) in [5.74, 6) is -0.0746. The first kappa shape index (κ1) is 23.5. The number of hydrogen-bond donors (Lipinski definition) is 0. The van der Waals surface area contributed by atoms with Crippen LogP contribution in [0, 0.1) is 6.92 Å². The zero-order valence-electron chi connectivity index (χ0n) is 19.6. The molecule has 2 aliphatic heterocycles. The number of benzene rings is 1. The van der Waals surface area contributed by atoms with E-state index in [-0.39, 0.29) is 16.6 Å². The number of nitrogens with zero attached hydrogens (tertiary/aromatic N) is 4. The molecule has 0 aliphatic carbocycles. The molecular weight excluding hydrogens is 440 g/mol. The van der Waals surface area contributed by atoms with Crippen LogP contribution >= 0.6 is 0 Å². The van der Waals surface area contributed by atoms with Crippen molar-refractivity contribution in [3.63, 3.8) is 0 Å². The Labute approximate surface area is 195 Å². The van der Waals surface area contributed by atoms with Gasteiger partial charge in [0.25, 0.3) is 5.91 Å². The molecule has 2 aromatic rings. The first-order valence-electron chi connectivity index (χ1n) is 11.5. The summed E-state index contributed by atoms with van der Waals surface area (Å²) in [6, 6.07) is 8.96. The fourth-order valence-corrected chi connectivity index (χ4v) is 6.32. The van der Waals surface area contributed by atoms with Gasteiger partial charge in [0.15, 0.2) is 5.78 Å². The zero-order chi connectivity index (χ0) is 23.8. The van der Waals surface area contributed by atoms with Crippen LogP contribution in [0.4, 0.5) is 5.69 Å². The van der Waals surface area contributed by atoms with E-state index >= 15 is 0 Å². The number of ketones is 1. The maximum atomic E-state index is 13.5. The predicted octanol–water partition coefficient (Wildman–Crippen LogP) is 2.67. The number of anilines is 1. The largest absolute Gasteiger partial charge is 0.369 e. The van der Waals surface area contributed by atoms with Crippen LogP contribution in [0.2, 0.25) is 0 Å². The highest BCUT2D eigenvalue weighted by Gasteiger charge is 2.33. The van der Waals surface area contributed by atoms with Gasteiger partial charge >= 0.3 is 0 Å². The van der Waals surface area contributed by atoms with Crippen molar-refractivity contribution in [1.82, 2.24) is 13.8 Å². The highest BCUT2D eigenvalue weighted by molar-refractivity contribution is 7.89. The Balaban J connectivity index is 1.49. The lowest BCUT2D eigenvalue weighted by molar-refractivity contribution is 0.0714. The van der Waals surface area contributed by atoms with Crippen molar-refractivity contribution in [2.24, 2.45) is 7.05 Å². The van der Waals surface area contributed by atoms with Gasteiger partial charge < -0.3 is 14.4 Å². The standard InChI is InChI=1S/C24H32N4O4S/c1-18-23(17-22(25(18)3)24(30)27-11-5-4-6-12-27)33(31,32)28-15-13-26(14-16-28)21-9-7-20(8-10-21)19(2)29/h7-10,17H,4-6,11-16H2,1-3H3. The van der Waals surface area contributed by atoms with Crippen molar-refractivity contribution < 1.29 is 18.0 Å². The van der Waals surface area contributed by atoms with E-state index in [2.05, 4.69) is 4.90 Å². The highest BCUT2D eigenvalue weighted by atomic mass is 32.2. The van der Waals surface area contributed by atoms with Crippen molar-refractivity contribution in [2.45, 2.75) is 38.0 Å². The van der Waals surface area contributed by atoms with Gasteiger partial charge in [0.1, 0.15) is 10.6 Å². The number of sulfonamides is 1. The number of Topliss-reactive ketones (excluding diaryl/α,β-unsaturated/α-hetero) is 1.